The summed E-state index contributed by atoms with van der Waals surface area (Å²) in [5, 5.41) is 0. The molecule has 0 unspecified atom stereocenters. The Balaban J connectivity index is 1.65. The quantitative estimate of drug-likeness (QED) is 0.372. The Bertz CT molecular complexity index is 902. The van der Waals surface area contributed by atoms with Crippen LogP contribution in [0.3, 0.4) is 0 Å². The summed E-state index contributed by atoms with van der Waals surface area (Å²) in [6.45, 7) is -2.96. The van der Waals surface area contributed by atoms with Gasteiger partial charge in [0, 0.05) is 17.5 Å². The summed E-state index contributed by atoms with van der Waals surface area (Å²) in [4.78, 5) is 36.4. The molecule has 1 fully saturated rings. The fourth-order valence-electron chi connectivity index (χ4n) is 3.48. The SMILES string of the molecule is COC(=O)CC1CC(c2cccc(C(=O)C(=O)c3ccc(OC(F)F)cc3)c2)C1. The highest BCUT2D eigenvalue weighted by Gasteiger charge is 2.32. The van der Waals surface area contributed by atoms with Crippen molar-refractivity contribution in [3.8, 4) is 5.75 Å². The van der Waals surface area contributed by atoms with Gasteiger partial charge in [0.15, 0.2) is 0 Å². The molecule has 0 N–H and O–H groups in total. The number of methoxy groups -OCH3 is 1. The van der Waals surface area contributed by atoms with Gasteiger partial charge in [0.1, 0.15) is 5.75 Å². The van der Waals surface area contributed by atoms with E-state index in [1.165, 1.54) is 31.4 Å². The maximum absolute atomic E-state index is 12.6. The molecule has 0 radical (unpaired) electrons. The predicted molar refractivity (Wildman–Crippen MR) is 100 cm³/mol. The molecule has 5 nitrogen and oxygen atoms in total. The van der Waals surface area contributed by atoms with Crippen LogP contribution in [-0.2, 0) is 9.53 Å². The highest BCUT2D eigenvalue weighted by molar-refractivity contribution is 6.49. The minimum atomic E-state index is -2.96. The Labute approximate surface area is 166 Å². The Morgan fingerprint density at radius 3 is 2.28 bits per heavy atom. The van der Waals surface area contributed by atoms with Crippen LogP contribution < -0.4 is 4.74 Å². The van der Waals surface area contributed by atoms with E-state index in [4.69, 9.17) is 0 Å². The zero-order valence-corrected chi connectivity index (χ0v) is 15.8. The van der Waals surface area contributed by atoms with E-state index in [-0.39, 0.29) is 34.7 Å². The number of carbonyl (C=O) groups is 3. The van der Waals surface area contributed by atoms with Gasteiger partial charge in [-0.05, 0) is 60.6 Å². The van der Waals surface area contributed by atoms with Crippen LogP contribution in [0.25, 0.3) is 0 Å². The van der Waals surface area contributed by atoms with E-state index in [9.17, 15) is 23.2 Å². The van der Waals surface area contributed by atoms with Gasteiger partial charge in [-0.25, -0.2) is 0 Å². The van der Waals surface area contributed by atoms with Gasteiger partial charge in [-0.15, -0.1) is 0 Å². The van der Waals surface area contributed by atoms with Crippen LogP contribution in [0.15, 0.2) is 48.5 Å². The third-order valence-electron chi connectivity index (χ3n) is 5.09. The molecule has 1 saturated carbocycles. The number of halogens is 2. The first-order valence-electron chi connectivity index (χ1n) is 9.18. The van der Waals surface area contributed by atoms with E-state index in [0.717, 1.165) is 18.4 Å². The number of rotatable bonds is 8. The van der Waals surface area contributed by atoms with Crippen LogP contribution in [0.4, 0.5) is 8.78 Å². The minimum Gasteiger partial charge on any atom is -0.469 e. The number of esters is 1. The molecular formula is C22H20F2O5. The van der Waals surface area contributed by atoms with Crippen LogP contribution in [0.2, 0.25) is 0 Å². The molecule has 0 amide bonds. The molecule has 152 valence electrons. The second-order valence-electron chi connectivity index (χ2n) is 7.00. The molecule has 1 aliphatic rings. The van der Waals surface area contributed by atoms with E-state index in [0.29, 0.717) is 6.42 Å². The van der Waals surface area contributed by atoms with Gasteiger partial charge in [-0.1, -0.05) is 18.2 Å². The summed E-state index contributed by atoms with van der Waals surface area (Å²) >= 11 is 0. The van der Waals surface area contributed by atoms with Crippen molar-refractivity contribution in [1.29, 1.82) is 0 Å². The Kier molecular flexibility index (Phi) is 6.36. The molecule has 0 saturated heterocycles. The smallest absolute Gasteiger partial charge is 0.387 e. The number of carbonyl (C=O) groups excluding carboxylic acids is 3. The third-order valence-corrected chi connectivity index (χ3v) is 5.09. The highest BCUT2D eigenvalue weighted by atomic mass is 19.3. The molecule has 0 aliphatic heterocycles. The second kappa shape index (κ2) is 8.94. The number of hydrogen-bond acceptors (Lipinski definition) is 5. The van der Waals surface area contributed by atoms with Gasteiger partial charge < -0.3 is 9.47 Å². The van der Waals surface area contributed by atoms with Crippen molar-refractivity contribution in [3.63, 3.8) is 0 Å². The molecule has 0 atom stereocenters. The lowest BCUT2D eigenvalue weighted by atomic mass is 9.70. The molecule has 2 aromatic carbocycles. The number of ketones is 2. The molecule has 2 aromatic rings. The van der Waals surface area contributed by atoms with Crippen molar-refractivity contribution >= 4 is 17.5 Å². The number of Topliss-reactive ketones (excluding diaryl/α,β-unsaturated/α-hetero) is 2. The molecule has 0 bridgehead atoms. The van der Waals surface area contributed by atoms with Gasteiger partial charge in [-0.3, -0.25) is 14.4 Å². The number of benzene rings is 2. The highest BCUT2D eigenvalue weighted by Crippen LogP contribution is 2.43. The zero-order chi connectivity index (χ0) is 21.0. The summed E-state index contributed by atoms with van der Waals surface area (Å²) in [5.74, 6) is -1.20. The first kappa shape index (κ1) is 20.6. The Morgan fingerprint density at radius 2 is 1.66 bits per heavy atom. The van der Waals surface area contributed by atoms with Gasteiger partial charge in [0.05, 0.1) is 7.11 Å². The molecule has 3 rings (SSSR count). The summed E-state index contributed by atoms with van der Waals surface area (Å²) < 4.78 is 33.3. The largest absolute Gasteiger partial charge is 0.469 e. The van der Waals surface area contributed by atoms with Gasteiger partial charge >= 0.3 is 12.6 Å². The lowest BCUT2D eigenvalue weighted by Gasteiger charge is -2.35. The van der Waals surface area contributed by atoms with Crippen molar-refractivity contribution in [2.24, 2.45) is 5.92 Å². The number of alkyl halides is 2. The van der Waals surface area contributed by atoms with Crippen LogP contribution in [0.1, 0.15) is 51.5 Å². The number of ether oxygens (including phenoxy) is 2. The molecule has 7 heteroatoms. The topological polar surface area (TPSA) is 69.7 Å². The first-order chi connectivity index (χ1) is 13.9. The van der Waals surface area contributed by atoms with Crippen LogP contribution in [-0.4, -0.2) is 31.3 Å². The monoisotopic (exact) mass is 402 g/mol. The molecule has 0 spiro atoms. The Morgan fingerprint density at radius 1 is 1.00 bits per heavy atom. The van der Waals surface area contributed by atoms with E-state index in [1.807, 2.05) is 6.07 Å². The third kappa shape index (κ3) is 5.04. The van der Waals surface area contributed by atoms with Crippen molar-refractivity contribution < 1.29 is 32.6 Å². The fraction of sp³-hybridized carbons (Fsp3) is 0.318. The van der Waals surface area contributed by atoms with Crippen molar-refractivity contribution in [1.82, 2.24) is 0 Å². The second-order valence-corrected chi connectivity index (χ2v) is 7.00. The van der Waals surface area contributed by atoms with Gasteiger partial charge in [0.25, 0.3) is 0 Å². The van der Waals surface area contributed by atoms with Crippen molar-refractivity contribution in [3.05, 3.63) is 65.2 Å². The molecule has 1 aliphatic carbocycles. The molecule has 0 aromatic heterocycles. The van der Waals surface area contributed by atoms with E-state index >= 15 is 0 Å². The first-order valence-corrected chi connectivity index (χ1v) is 9.18. The van der Waals surface area contributed by atoms with E-state index < -0.39 is 18.2 Å². The van der Waals surface area contributed by atoms with E-state index in [1.54, 1.807) is 18.2 Å². The average molecular weight is 402 g/mol. The zero-order valence-electron chi connectivity index (χ0n) is 15.8. The van der Waals surface area contributed by atoms with Gasteiger partial charge in [-0.2, -0.15) is 8.78 Å². The summed E-state index contributed by atoms with van der Waals surface area (Å²) in [6.07, 6.45) is 2.04. The van der Waals surface area contributed by atoms with Crippen LogP contribution >= 0.6 is 0 Å². The number of hydrogen-bond donors (Lipinski definition) is 0. The molecule has 0 heterocycles. The van der Waals surface area contributed by atoms with Crippen LogP contribution in [0, 0.1) is 5.92 Å². The van der Waals surface area contributed by atoms with E-state index in [2.05, 4.69) is 9.47 Å². The maximum atomic E-state index is 12.6. The summed E-state index contributed by atoms with van der Waals surface area (Å²) in [5.41, 5.74) is 1.33. The Hall–Kier alpha value is -3.09. The molecule has 29 heavy (non-hydrogen) atoms. The van der Waals surface area contributed by atoms with Crippen molar-refractivity contribution in [2.45, 2.75) is 31.8 Å². The average Bonchev–Trinajstić information content (AvgIpc) is 2.69. The van der Waals surface area contributed by atoms with Crippen molar-refractivity contribution in [2.75, 3.05) is 7.11 Å². The fourth-order valence-corrected chi connectivity index (χ4v) is 3.48. The van der Waals surface area contributed by atoms with Crippen LogP contribution in [0.5, 0.6) is 5.75 Å². The maximum Gasteiger partial charge on any atom is 0.387 e. The van der Waals surface area contributed by atoms with Gasteiger partial charge in [0.2, 0.25) is 11.6 Å². The lowest BCUT2D eigenvalue weighted by molar-refractivity contribution is -0.142. The standard InChI is InChI=1S/C22H20F2O5/c1-28-19(25)11-13-9-17(10-13)15-3-2-4-16(12-15)21(27)20(26)14-5-7-18(8-6-14)29-22(23)24/h2-8,12-13,17,22H,9-11H2,1H3. The summed E-state index contributed by atoms with van der Waals surface area (Å²) in [6, 6.07) is 11.9. The summed E-state index contributed by atoms with van der Waals surface area (Å²) in [7, 11) is 1.37. The lowest BCUT2D eigenvalue weighted by Crippen LogP contribution is -2.25. The predicted octanol–water partition coefficient (Wildman–Crippen LogP) is 4.41. The minimum absolute atomic E-state index is 0.0857. The molecular weight excluding hydrogens is 382 g/mol. The normalized spacial score (nSPS) is 18.1.